The van der Waals surface area contributed by atoms with E-state index >= 15 is 0 Å². The molecule has 0 aromatic carbocycles. The summed E-state index contributed by atoms with van der Waals surface area (Å²) in [4.78, 5) is 2.66. The summed E-state index contributed by atoms with van der Waals surface area (Å²) in [5.74, 6) is 1.68. The van der Waals surface area contributed by atoms with E-state index in [9.17, 15) is 0 Å². The molecular formula is C15H24N4. The molecule has 1 saturated heterocycles. The van der Waals surface area contributed by atoms with Crippen LogP contribution in [0.25, 0.3) is 0 Å². The Kier molecular flexibility index (Phi) is 2.87. The lowest BCUT2D eigenvalue weighted by atomic mass is 9.85. The zero-order valence-electron chi connectivity index (χ0n) is 11.8. The second-order valence-corrected chi connectivity index (χ2v) is 6.92. The van der Waals surface area contributed by atoms with Crippen molar-refractivity contribution >= 4 is 0 Å². The summed E-state index contributed by atoms with van der Waals surface area (Å²) in [6.07, 6.45) is 10.5. The van der Waals surface area contributed by atoms with Gasteiger partial charge in [-0.25, -0.2) is 4.68 Å². The van der Waals surface area contributed by atoms with Crippen molar-refractivity contribution in [3.05, 3.63) is 11.9 Å². The largest absolute Gasteiger partial charge is 0.296 e. The van der Waals surface area contributed by atoms with E-state index in [2.05, 4.69) is 33.0 Å². The quantitative estimate of drug-likeness (QED) is 0.837. The van der Waals surface area contributed by atoms with Crippen LogP contribution in [0.3, 0.4) is 0 Å². The van der Waals surface area contributed by atoms with Gasteiger partial charge in [0, 0.05) is 31.2 Å². The standard InChI is InChI=1S/C15H24N4/c1-11-2-6-13(7-3-11)18-8-14(9-18)19-10-15(16-17-19)12-4-5-12/h10-14H,2-9H2,1H3. The topological polar surface area (TPSA) is 34.0 Å². The van der Waals surface area contributed by atoms with Crippen LogP contribution in [-0.2, 0) is 0 Å². The zero-order valence-corrected chi connectivity index (χ0v) is 11.8. The van der Waals surface area contributed by atoms with Crippen LogP contribution in [-0.4, -0.2) is 39.0 Å². The van der Waals surface area contributed by atoms with Gasteiger partial charge in [0.2, 0.25) is 0 Å². The molecule has 1 aromatic rings. The molecule has 0 bridgehead atoms. The van der Waals surface area contributed by atoms with Crippen molar-refractivity contribution in [2.45, 2.75) is 63.5 Å². The van der Waals surface area contributed by atoms with Gasteiger partial charge in [0.25, 0.3) is 0 Å². The zero-order chi connectivity index (χ0) is 12.8. The van der Waals surface area contributed by atoms with Crippen LogP contribution in [0.5, 0.6) is 0 Å². The summed E-state index contributed by atoms with van der Waals surface area (Å²) in [7, 11) is 0. The fourth-order valence-corrected chi connectivity index (χ4v) is 3.60. The number of nitrogens with zero attached hydrogens (tertiary/aromatic N) is 4. The Morgan fingerprint density at radius 2 is 1.74 bits per heavy atom. The fourth-order valence-electron chi connectivity index (χ4n) is 3.60. The van der Waals surface area contributed by atoms with Crippen LogP contribution in [0.1, 0.15) is 63.1 Å². The highest BCUT2D eigenvalue weighted by molar-refractivity contribution is 5.10. The molecule has 3 fully saturated rings. The first-order chi connectivity index (χ1) is 9.29. The van der Waals surface area contributed by atoms with Crippen molar-refractivity contribution in [2.75, 3.05) is 13.1 Å². The number of hydrogen-bond donors (Lipinski definition) is 0. The molecule has 2 aliphatic carbocycles. The van der Waals surface area contributed by atoms with E-state index in [4.69, 9.17) is 0 Å². The molecule has 0 unspecified atom stereocenters. The molecule has 2 heterocycles. The van der Waals surface area contributed by atoms with Crippen molar-refractivity contribution in [2.24, 2.45) is 5.92 Å². The van der Waals surface area contributed by atoms with Crippen LogP contribution in [0.4, 0.5) is 0 Å². The Hall–Kier alpha value is -0.900. The molecule has 3 aliphatic rings. The minimum atomic E-state index is 0.583. The smallest absolute Gasteiger partial charge is 0.0858 e. The fraction of sp³-hybridized carbons (Fsp3) is 0.867. The molecule has 2 saturated carbocycles. The predicted octanol–water partition coefficient (Wildman–Crippen LogP) is 2.59. The highest BCUT2D eigenvalue weighted by Crippen LogP contribution is 2.39. The van der Waals surface area contributed by atoms with Crippen LogP contribution in [0, 0.1) is 5.92 Å². The minimum absolute atomic E-state index is 0.583. The van der Waals surface area contributed by atoms with E-state index in [1.807, 2.05) is 0 Å². The van der Waals surface area contributed by atoms with Gasteiger partial charge in [-0.2, -0.15) is 0 Å². The maximum Gasteiger partial charge on any atom is 0.0858 e. The third-order valence-corrected chi connectivity index (χ3v) is 5.29. The molecule has 0 radical (unpaired) electrons. The first kappa shape index (κ1) is 11.9. The molecule has 0 spiro atoms. The SMILES string of the molecule is CC1CCC(N2CC(n3cc(C4CC4)nn3)C2)CC1. The molecule has 104 valence electrons. The van der Waals surface area contributed by atoms with E-state index in [1.54, 1.807) is 0 Å². The summed E-state index contributed by atoms with van der Waals surface area (Å²) in [6.45, 7) is 4.77. The van der Waals surface area contributed by atoms with Gasteiger partial charge in [-0.1, -0.05) is 12.1 Å². The summed E-state index contributed by atoms with van der Waals surface area (Å²) in [6, 6.07) is 1.43. The molecule has 4 nitrogen and oxygen atoms in total. The lowest BCUT2D eigenvalue weighted by Gasteiger charge is -2.46. The van der Waals surface area contributed by atoms with Crippen LogP contribution >= 0.6 is 0 Å². The Bertz CT molecular complexity index is 437. The maximum absolute atomic E-state index is 4.33. The van der Waals surface area contributed by atoms with Crippen molar-refractivity contribution in [1.29, 1.82) is 0 Å². The molecular weight excluding hydrogens is 236 g/mol. The number of likely N-dealkylation sites (tertiary alicyclic amines) is 1. The van der Waals surface area contributed by atoms with Crippen molar-refractivity contribution < 1.29 is 0 Å². The third-order valence-electron chi connectivity index (χ3n) is 5.29. The molecule has 0 atom stereocenters. The molecule has 1 aliphatic heterocycles. The van der Waals surface area contributed by atoms with Crippen LogP contribution in [0.2, 0.25) is 0 Å². The van der Waals surface area contributed by atoms with Crippen LogP contribution in [0.15, 0.2) is 6.20 Å². The second kappa shape index (κ2) is 4.58. The highest BCUT2D eigenvalue weighted by atomic mass is 15.5. The summed E-state index contributed by atoms with van der Waals surface area (Å²) in [5.41, 5.74) is 1.23. The average Bonchev–Trinajstić information content (AvgIpc) is 3.10. The Morgan fingerprint density at radius 1 is 1.00 bits per heavy atom. The van der Waals surface area contributed by atoms with Gasteiger partial charge in [-0.05, 0) is 44.4 Å². The van der Waals surface area contributed by atoms with E-state index < -0.39 is 0 Å². The van der Waals surface area contributed by atoms with E-state index in [0.717, 1.165) is 17.9 Å². The number of hydrogen-bond acceptors (Lipinski definition) is 3. The third kappa shape index (κ3) is 2.31. The highest BCUT2D eigenvalue weighted by Gasteiger charge is 2.36. The minimum Gasteiger partial charge on any atom is -0.296 e. The summed E-state index contributed by atoms with van der Waals surface area (Å²) >= 11 is 0. The lowest BCUT2D eigenvalue weighted by Crippen LogP contribution is -2.53. The average molecular weight is 260 g/mol. The number of rotatable bonds is 3. The Balaban J connectivity index is 1.31. The molecule has 4 heteroatoms. The van der Waals surface area contributed by atoms with Gasteiger partial charge in [-0.3, -0.25) is 4.90 Å². The van der Waals surface area contributed by atoms with E-state index in [1.165, 1.54) is 57.3 Å². The maximum atomic E-state index is 4.33. The monoisotopic (exact) mass is 260 g/mol. The Morgan fingerprint density at radius 3 is 2.42 bits per heavy atom. The molecule has 4 rings (SSSR count). The van der Waals surface area contributed by atoms with Gasteiger partial charge in [0.15, 0.2) is 0 Å². The van der Waals surface area contributed by atoms with Crippen LogP contribution < -0.4 is 0 Å². The van der Waals surface area contributed by atoms with Gasteiger partial charge < -0.3 is 0 Å². The van der Waals surface area contributed by atoms with Crippen molar-refractivity contribution in [3.63, 3.8) is 0 Å². The van der Waals surface area contributed by atoms with E-state index in [0.29, 0.717) is 6.04 Å². The molecule has 19 heavy (non-hydrogen) atoms. The second-order valence-electron chi connectivity index (χ2n) is 6.92. The van der Waals surface area contributed by atoms with E-state index in [-0.39, 0.29) is 0 Å². The van der Waals surface area contributed by atoms with Gasteiger partial charge >= 0.3 is 0 Å². The molecule has 0 N–H and O–H groups in total. The van der Waals surface area contributed by atoms with Gasteiger partial charge in [-0.15, -0.1) is 5.10 Å². The van der Waals surface area contributed by atoms with Crippen molar-refractivity contribution in [3.8, 4) is 0 Å². The Labute approximate surface area is 115 Å². The summed E-state index contributed by atoms with van der Waals surface area (Å²) < 4.78 is 2.12. The molecule has 1 aromatic heterocycles. The number of aromatic nitrogens is 3. The summed E-state index contributed by atoms with van der Waals surface area (Å²) in [5, 5.41) is 8.65. The first-order valence-corrected chi connectivity index (χ1v) is 7.95. The van der Waals surface area contributed by atoms with Gasteiger partial charge in [0.1, 0.15) is 0 Å². The first-order valence-electron chi connectivity index (χ1n) is 7.95. The molecule has 0 amide bonds. The predicted molar refractivity (Wildman–Crippen MR) is 74.0 cm³/mol. The normalized spacial score (nSPS) is 33.3. The van der Waals surface area contributed by atoms with Crippen molar-refractivity contribution in [1.82, 2.24) is 19.9 Å². The van der Waals surface area contributed by atoms with Gasteiger partial charge in [0.05, 0.1) is 11.7 Å². The lowest BCUT2D eigenvalue weighted by molar-refractivity contribution is 0.0292.